The number of nitrogens with one attached hydrogen (secondary N) is 2. The molecule has 1 aromatic heterocycles. The van der Waals surface area contributed by atoms with Crippen molar-refractivity contribution in [2.45, 2.75) is 4.90 Å². The number of anilines is 1. The monoisotopic (exact) mass is 498 g/mol. The van der Waals surface area contributed by atoms with Crippen LogP contribution < -0.4 is 5.32 Å². The van der Waals surface area contributed by atoms with E-state index in [9.17, 15) is 13.2 Å². The first-order valence-electron chi connectivity index (χ1n) is 9.40. The average Bonchev–Trinajstić information content (AvgIpc) is 3.18. The predicted molar refractivity (Wildman–Crippen MR) is 124 cm³/mol. The molecule has 4 rings (SSSR count). The van der Waals surface area contributed by atoms with Crippen LogP contribution in [-0.2, 0) is 14.8 Å². The number of carbonyl (C=O) groups is 1. The van der Waals surface area contributed by atoms with E-state index in [2.05, 4.69) is 31.2 Å². The first-order valence-corrected chi connectivity index (χ1v) is 11.6. The number of para-hydroxylation sites is 3. The number of H-pyrrole nitrogens is 1. The Morgan fingerprint density at radius 1 is 1.03 bits per heavy atom. The molecular formula is C22H19BrN4O3S. The molecule has 0 atom stereocenters. The van der Waals surface area contributed by atoms with Gasteiger partial charge >= 0.3 is 0 Å². The number of carbonyl (C=O) groups excluding carboxylic acids is 1. The van der Waals surface area contributed by atoms with E-state index >= 15 is 0 Å². The third-order valence-corrected chi connectivity index (χ3v) is 7.08. The minimum atomic E-state index is -3.79. The molecule has 0 aliphatic heterocycles. The second-order valence-electron chi connectivity index (χ2n) is 6.91. The van der Waals surface area contributed by atoms with Crippen LogP contribution in [0, 0.1) is 0 Å². The number of aromatic amines is 1. The number of sulfonamides is 1. The quantitative estimate of drug-likeness (QED) is 0.415. The van der Waals surface area contributed by atoms with Gasteiger partial charge in [0.2, 0.25) is 15.9 Å². The second-order valence-corrected chi connectivity index (χ2v) is 9.87. The predicted octanol–water partition coefficient (Wildman–Crippen LogP) is 4.25. The van der Waals surface area contributed by atoms with Crippen LogP contribution >= 0.6 is 15.9 Å². The van der Waals surface area contributed by atoms with Gasteiger partial charge in [-0.25, -0.2) is 13.4 Å². The number of halogens is 1. The summed E-state index contributed by atoms with van der Waals surface area (Å²) < 4.78 is 27.3. The van der Waals surface area contributed by atoms with Gasteiger partial charge in [0.15, 0.2) is 0 Å². The maximum atomic E-state index is 12.7. The summed E-state index contributed by atoms with van der Waals surface area (Å²) in [5, 5.41) is 2.80. The summed E-state index contributed by atoms with van der Waals surface area (Å²) in [5.41, 5.74) is 2.96. The second kappa shape index (κ2) is 8.62. The lowest BCUT2D eigenvalue weighted by atomic mass is 10.1. The van der Waals surface area contributed by atoms with Crippen LogP contribution in [0.4, 0.5) is 5.69 Å². The topological polar surface area (TPSA) is 95.2 Å². The normalized spacial score (nSPS) is 11.7. The molecule has 3 aromatic carbocycles. The Bertz CT molecular complexity index is 1320. The summed E-state index contributed by atoms with van der Waals surface area (Å²) in [6.07, 6.45) is 0. The standard InChI is InChI=1S/C22H19BrN4O3S/c1-27(31(29,30)16-12-10-15(23)11-13-16)14-21(28)24-18-7-3-2-6-17(18)22-25-19-8-4-5-9-20(19)26-22/h2-13H,14H2,1H3,(H,24,28)(H,25,26). The largest absolute Gasteiger partial charge is 0.338 e. The Morgan fingerprint density at radius 2 is 1.71 bits per heavy atom. The average molecular weight is 499 g/mol. The summed E-state index contributed by atoms with van der Waals surface area (Å²) in [6, 6.07) is 21.2. The fourth-order valence-electron chi connectivity index (χ4n) is 3.14. The molecule has 0 aliphatic rings. The molecule has 0 saturated carbocycles. The number of imidazole rings is 1. The molecule has 0 unspecified atom stereocenters. The molecule has 4 aromatic rings. The molecule has 9 heteroatoms. The van der Waals surface area contributed by atoms with Crippen molar-refractivity contribution in [1.29, 1.82) is 0 Å². The van der Waals surface area contributed by atoms with Crippen LogP contribution in [0.2, 0.25) is 0 Å². The molecule has 158 valence electrons. The Morgan fingerprint density at radius 3 is 2.45 bits per heavy atom. The highest BCUT2D eigenvalue weighted by Gasteiger charge is 2.23. The van der Waals surface area contributed by atoms with Gasteiger partial charge in [-0.05, 0) is 48.5 Å². The van der Waals surface area contributed by atoms with Crippen LogP contribution in [0.5, 0.6) is 0 Å². The molecule has 0 fully saturated rings. The molecule has 1 amide bonds. The van der Waals surface area contributed by atoms with Gasteiger partial charge in [0.05, 0.1) is 28.2 Å². The summed E-state index contributed by atoms with van der Waals surface area (Å²) in [6.45, 7) is -0.327. The molecule has 1 heterocycles. The van der Waals surface area contributed by atoms with Crippen LogP contribution in [0.3, 0.4) is 0 Å². The molecule has 0 aliphatic carbocycles. The zero-order chi connectivity index (χ0) is 22.0. The van der Waals surface area contributed by atoms with Crippen molar-refractivity contribution < 1.29 is 13.2 Å². The SMILES string of the molecule is CN(CC(=O)Nc1ccccc1-c1nc2ccccc2[nH]1)S(=O)(=O)c1ccc(Br)cc1. The van der Waals surface area contributed by atoms with Gasteiger partial charge < -0.3 is 10.3 Å². The van der Waals surface area contributed by atoms with Crippen molar-refractivity contribution in [2.24, 2.45) is 0 Å². The molecule has 7 nitrogen and oxygen atoms in total. The Balaban J connectivity index is 1.53. The van der Waals surface area contributed by atoms with E-state index in [4.69, 9.17) is 0 Å². The van der Waals surface area contributed by atoms with E-state index in [0.29, 0.717) is 17.1 Å². The number of amides is 1. The molecule has 2 N–H and O–H groups in total. The number of rotatable bonds is 6. The number of hydrogen-bond acceptors (Lipinski definition) is 4. The van der Waals surface area contributed by atoms with Gasteiger partial charge in [0.25, 0.3) is 0 Å². The molecule has 0 bridgehead atoms. The third-order valence-electron chi connectivity index (χ3n) is 4.73. The van der Waals surface area contributed by atoms with Crippen molar-refractivity contribution in [2.75, 3.05) is 18.9 Å². The van der Waals surface area contributed by atoms with E-state index in [1.807, 2.05) is 36.4 Å². The van der Waals surface area contributed by atoms with Gasteiger partial charge in [-0.3, -0.25) is 4.79 Å². The molecule has 0 radical (unpaired) electrons. The van der Waals surface area contributed by atoms with Crippen LogP contribution in [0.15, 0.2) is 82.2 Å². The summed E-state index contributed by atoms with van der Waals surface area (Å²) in [5.74, 6) is 0.166. The van der Waals surface area contributed by atoms with Crippen LogP contribution in [-0.4, -0.2) is 42.2 Å². The zero-order valence-electron chi connectivity index (χ0n) is 16.5. The Labute approximate surface area is 188 Å². The first-order chi connectivity index (χ1) is 14.8. The van der Waals surface area contributed by atoms with E-state index in [1.165, 1.54) is 19.2 Å². The number of aromatic nitrogens is 2. The fourth-order valence-corrected chi connectivity index (χ4v) is 4.53. The molecule has 31 heavy (non-hydrogen) atoms. The first kappa shape index (κ1) is 21.2. The third kappa shape index (κ3) is 4.53. The molecular weight excluding hydrogens is 480 g/mol. The number of likely N-dealkylation sites (N-methyl/N-ethyl adjacent to an activating group) is 1. The minimum absolute atomic E-state index is 0.119. The van der Waals surface area contributed by atoms with Gasteiger partial charge in [0.1, 0.15) is 5.82 Å². The van der Waals surface area contributed by atoms with Gasteiger partial charge in [-0.15, -0.1) is 0 Å². The number of benzene rings is 3. The maximum Gasteiger partial charge on any atom is 0.243 e. The van der Waals surface area contributed by atoms with Crippen molar-refractivity contribution in [3.63, 3.8) is 0 Å². The van der Waals surface area contributed by atoms with Crippen molar-refractivity contribution in [1.82, 2.24) is 14.3 Å². The lowest BCUT2D eigenvalue weighted by Gasteiger charge is -2.17. The molecule has 0 spiro atoms. The summed E-state index contributed by atoms with van der Waals surface area (Å²) in [7, 11) is -2.41. The van der Waals surface area contributed by atoms with E-state index in [1.54, 1.807) is 24.3 Å². The number of hydrogen-bond donors (Lipinski definition) is 2. The lowest BCUT2D eigenvalue weighted by Crippen LogP contribution is -2.35. The zero-order valence-corrected chi connectivity index (χ0v) is 18.9. The summed E-state index contributed by atoms with van der Waals surface area (Å²) >= 11 is 3.28. The van der Waals surface area contributed by atoms with Gasteiger partial charge in [0, 0.05) is 17.1 Å². The highest BCUT2D eigenvalue weighted by Crippen LogP contribution is 2.27. The van der Waals surface area contributed by atoms with E-state index in [0.717, 1.165) is 19.8 Å². The number of fused-ring (bicyclic) bond motifs is 1. The molecule has 0 saturated heterocycles. The van der Waals surface area contributed by atoms with Crippen molar-refractivity contribution in [3.05, 3.63) is 77.3 Å². The van der Waals surface area contributed by atoms with E-state index in [-0.39, 0.29) is 11.4 Å². The number of nitrogens with zero attached hydrogens (tertiary/aromatic N) is 2. The Hall–Kier alpha value is -3.01. The van der Waals surface area contributed by atoms with Gasteiger partial charge in [-0.1, -0.05) is 40.2 Å². The minimum Gasteiger partial charge on any atom is -0.338 e. The highest BCUT2D eigenvalue weighted by molar-refractivity contribution is 9.10. The maximum absolute atomic E-state index is 12.7. The van der Waals surface area contributed by atoms with Crippen molar-refractivity contribution in [3.8, 4) is 11.4 Å². The van der Waals surface area contributed by atoms with Crippen LogP contribution in [0.25, 0.3) is 22.4 Å². The fraction of sp³-hybridized carbons (Fsp3) is 0.0909. The lowest BCUT2D eigenvalue weighted by molar-refractivity contribution is -0.116. The van der Waals surface area contributed by atoms with Crippen LogP contribution in [0.1, 0.15) is 0 Å². The highest BCUT2D eigenvalue weighted by atomic mass is 79.9. The van der Waals surface area contributed by atoms with Crippen molar-refractivity contribution >= 4 is 48.6 Å². The summed E-state index contributed by atoms with van der Waals surface area (Å²) in [4.78, 5) is 20.6. The Kier molecular flexibility index (Phi) is 5.90. The van der Waals surface area contributed by atoms with Gasteiger partial charge in [-0.2, -0.15) is 4.31 Å². The smallest absolute Gasteiger partial charge is 0.243 e. The van der Waals surface area contributed by atoms with E-state index < -0.39 is 15.9 Å².